The van der Waals surface area contributed by atoms with E-state index in [-0.39, 0.29) is 11.7 Å². The van der Waals surface area contributed by atoms with Crippen molar-refractivity contribution in [3.8, 4) is 5.75 Å². The van der Waals surface area contributed by atoms with Crippen LogP contribution in [0.25, 0.3) is 0 Å². The summed E-state index contributed by atoms with van der Waals surface area (Å²) in [5, 5.41) is 9.17. The lowest BCUT2D eigenvalue weighted by molar-refractivity contribution is -0.112. The third-order valence-electron chi connectivity index (χ3n) is 4.32. The molecule has 2 atom stereocenters. The number of hydrogen-bond acceptors (Lipinski definition) is 4. The van der Waals surface area contributed by atoms with Gasteiger partial charge in [-0.2, -0.15) is 0 Å². The van der Waals surface area contributed by atoms with Gasteiger partial charge in [0.2, 0.25) is 0 Å². The molecule has 0 amide bonds. The molecule has 2 unspecified atom stereocenters. The highest BCUT2D eigenvalue weighted by Gasteiger charge is 2.41. The van der Waals surface area contributed by atoms with E-state index in [4.69, 9.17) is 14.2 Å². The Kier molecular flexibility index (Phi) is 3.87. The lowest BCUT2D eigenvalue weighted by atomic mass is 9.91. The number of rotatable bonds is 3. The summed E-state index contributed by atoms with van der Waals surface area (Å²) in [6.45, 7) is 3.81. The van der Waals surface area contributed by atoms with E-state index in [1.807, 2.05) is 6.07 Å². The van der Waals surface area contributed by atoms with Gasteiger partial charge in [0.05, 0.1) is 24.4 Å². The van der Waals surface area contributed by atoms with Crippen LogP contribution in [0.4, 0.5) is 0 Å². The zero-order valence-corrected chi connectivity index (χ0v) is 12.1. The fourth-order valence-corrected chi connectivity index (χ4v) is 3.10. The molecule has 2 aliphatic heterocycles. The maximum absolute atomic E-state index is 11.2. The van der Waals surface area contributed by atoms with E-state index in [0.717, 1.165) is 25.9 Å². The van der Waals surface area contributed by atoms with E-state index in [1.165, 1.54) is 0 Å². The maximum Gasteiger partial charge on any atom is 0.336 e. The van der Waals surface area contributed by atoms with E-state index < -0.39 is 5.97 Å². The number of carboxylic acid groups (broad SMARTS) is 1. The average molecular weight is 292 g/mol. The second kappa shape index (κ2) is 5.66. The van der Waals surface area contributed by atoms with Gasteiger partial charge in [-0.05, 0) is 19.1 Å². The second-order valence-corrected chi connectivity index (χ2v) is 5.80. The molecule has 1 aromatic rings. The summed E-state index contributed by atoms with van der Waals surface area (Å²) >= 11 is 0. The van der Waals surface area contributed by atoms with Gasteiger partial charge >= 0.3 is 5.97 Å². The summed E-state index contributed by atoms with van der Waals surface area (Å²) in [5.74, 6) is -0.276. The van der Waals surface area contributed by atoms with Crippen LogP contribution in [0.3, 0.4) is 0 Å². The zero-order chi connectivity index (χ0) is 14.9. The van der Waals surface area contributed by atoms with Crippen LogP contribution < -0.4 is 4.74 Å². The average Bonchev–Trinajstić information content (AvgIpc) is 2.89. The molecule has 1 N–H and O–H groups in total. The third-order valence-corrected chi connectivity index (χ3v) is 4.32. The van der Waals surface area contributed by atoms with Crippen LogP contribution in [0.15, 0.2) is 18.2 Å². The molecule has 2 heterocycles. The maximum atomic E-state index is 11.2. The highest BCUT2D eigenvalue weighted by molar-refractivity contribution is 5.90. The summed E-state index contributed by atoms with van der Waals surface area (Å²) in [6.07, 6.45) is 2.56. The van der Waals surface area contributed by atoms with Gasteiger partial charge in [-0.1, -0.05) is 6.07 Å². The van der Waals surface area contributed by atoms with Crippen LogP contribution in [0, 0.1) is 6.92 Å². The van der Waals surface area contributed by atoms with Crippen LogP contribution in [-0.4, -0.2) is 42.6 Å². The molecule has 0 radical (unpaired) electrons. The highest BCUT2D eigenvalue weighted by atomic mass is 16.6. The molecule has 3 rings (SSSR count). The molecule has 2 aliphatic rings. The molecule has 5 heteroatoms. The summed E-state index contributed by atoms with van der Waals surface area (Å²) < 4.78 is 17.4. The Morgan fingerprint density at radius 3 is 3.00 bits per heavy atom. The van der Waals surface area contributed by atoms with E-state index in [9.17, 15) is 9.90 Å². The van der Waals surface area contributed by atoms with Crippen molar-refractivity contribution in [3.05, 3.63) is 29.3 Å². The minimum absolute atomic E-state index is 0.0446. The fourth-order valence-electron chi connectivity index (χ4n) is 3.10. The molecule has 2 fully saturated rings. The predicted octanol–water partition coefficient (Wildman–Crippen LogP) is 2.41. The summed E-state index contributed by atoms with van der Waals surface area (Å²) in [5.41, 5.74) is 0.757. The molecule has 0 saturated carbocycles. The Bertz CT molecular complexity index is 533. The minimum atomic E-state index is -0.925. The first-order valence-corrected chi connectivity index (χ1v) is 7.31. The summed E-state index contributed by atoms with van der Waals surface area (Å²) in [6, 6.07) is 5.15. The molecule has 0 aliphatic carbocycles. The van der Waals surface area contributed by atoms with Crippen LogP contribution in [0.1, 0.15) is 35.2 Å². The Balaban J connectivity index is 1.74. The van der Waals surface area contributed by atoms with E-state index in [1.54, 1.807) is 19.1 Å². The molecule has 0 bridgehead atoms. The second-order valence-electron chi connectivity index (χ2n) is 5.80. The van der Waals surface area contributed by atoms with E-state index in [2.05, 4.69) is 0 Å². The SMILES string of the molecule is Cc1c(OC2CCOC3(CCOC3)C2)cccc1C(=O)O. The van der Waals surface area contributed by atoms with Crippen LogP contribution >= 0.6 is 0 Å². The Labute approximate surface area is 123 Å². The Morgan fingerprint density at radius 1 is 1.43 bits per heavy atom. The summed E-state index contributed by atoms with van der Waals surface area (Å²) in [4.78, 5) is 11.2. The van der Waals surface area contributed by atoms with Crippen LogP contribution in [0.5, 0.6) is 5.75 Å². The number of aromatic carboxylic acids is 1. The van der Waals surface area contributed by atoms with Crippen molar-refractivity contribution in [3.63, 3.8) is 0 Å². The molecule has 1 aromatic carbocycles. The zero-order valence-electron chi connectivity index (χ0n) is 12.1. The minimum Gasteiger partial charge on any atom is -0.490 e. The molecular formula is C16H20O5. The largest absolute Gasteiger partial charge is 0.490 e. The smallest absolute Gasteiger partial charge is 0.336 e. The summed E-state index contributed by atoms with van der Waals surface area (Å²) in [7, 11) is 0. The van der Waals surface area contributed by atoms with Crippen molar-refractivity contribution in [2.24, 2.45) is 0 Å². The van der Waals surface area contributed by atoms with Gasteiger partial charge < -0.3 is 19.3 Å². The Hall–Kier alpha value is -1.59. The topological polar surface area (TPSA) is 65.0 Å². The van der Waals surface area contributed by atoms with E-state index >= 15 is 0 Å². The monoisotopic (exact) mass is 292 g/mol. The molecule has 2 saturated heterocycles. The van der Waals surface area contributed by atoms with Gasteiger partial charge in [0.25, 0.3) is 0 Å². The first-order chi connectivity index (χ1) is 10.1. The molecule has 1 spiro atoms. The normalized spacial score (nSPS) is 28.7. The van der Waals surface area contributed by atoms with Crippen LogP contribution in [0.2, 0.25) is 0 Å². The standard InChI is InChI=1S/C16H20O5/c1-11-13(15(17)18)3-2-4-14(11)21-12-5-7-20-16(9-12)6-8-19-10-16/h2-4,12H,5-10H2,1H3,(H,17,18). The van der Waals surface area contributed by atoms with Gasteiger partial charge in [0.15, 0.2) is 0 Å². The number of hydrogen-bond donors (Lipinski definition) is 1. The van der Waals surface area contributed by atoms with Gasteiger partial charge in [0.1, 0.15) is 11.9 Å². The van der Waals surface area contributed by atoms with Crippen molar-refractivity contribution in [2.75, 3.05) is 19.8 Å². The van der Waals surface area contributed by atoms with Gasteiger partial charge in [-0.3, -0.25) is 0 Å². The molecule has 0 aromatic heterocycles. The Morgan fingerprint density at radius 2 is 2.29 bits per heavy atom. The highest BCUT2D eigenvalue weighted by Crippen LogP contribution is 2.35. The fraction of sp³-hybridized carbons (Fsp3) is 0.562. The molecular weight excluding hydrogens is 272 g/mol. The molecule has 114 valence electrons. The van der Waals surface area contributed by atoms with Crippen molar-refractivity contribution in [1.82, 2.24) is 0 Å². The van der Waals surface area contributed by atoms with Crippen molar-refractivity contribution < 1.29 is 24.1 Å². The lowest BCUT2D eigenvalue weighted by Gasteiger charge is -2.37. The number of carboxylic acids is 1. The quantitative estimate of drug-likeness (QED) is 0.926. The first-order valence-electron chi connectivity index (χ1n) is 7.31. The molecule has 5 nitrogen and oxygen atoms in total. The van der Waals surface area contributed by atoms with Crippen molar-refractivity contribution in [1.29, 1.82) is 0 Å². The van der Waals surface area contributed by atoms with Crippen molar-refractivity contribution >= 4 is 5.97 Å². The number of ether oxygens (including phenoxy) is 3. The van der Waals surface area contributed by atoms with Gasteiger partial charge in [-0.25, -0.2) is 4.79 Å². The molecule has 21 heavy (non-hydrogen) atoms. The first kappa shape index (κ1) is 14.4. The lowest BCUT2D eigenvalue weighted by Crippen LogP contribution is -2.44. The van der Waals surface area contributed by atoms with Crippen LogP contribution in [-0.2, 0) is 9.47 Å². The predicted molar refractivity (Wildman–Crippen MR) is 75.9 cm³/mol. The third kappa shape index (κ3) is 2.89. The van der Waals surface area contributed by atoms with Gasteiger partial charge in [-0.15, -0.1) is 0 Å². The van der Waals surface area contributed by atoms with Crippen molar-refractivity contribution in [2.45, 2.75) is 37.9 Å². The van der Waals surface area contributed by atoms with Gasteiger partial charge in [0, 0.05) is 31.4 Å². The van der Waals surface area contributed by atoms with E-state index in [0.29, 0.717) is 30.1 Å². The number of benzene rings is 1. The number of carbonyl (C=O) groups is 1.